The van der Waals surface area contributed by atoms with Gasteiger partial charge in [0.2, 0.25) is 0 Å². The summed E-state index contributed by atoms with van der Waals surface area (Å²) in [6.45, 7) is 15.8. The van der Waals surface area contributed by atoms with Crippen LogP contribution in [0, 0.1) is 17.1 Å². The standard InChI is InChI=1S/C41H52F3N7O7SSi/c1-27(28-8-11-30(42)12-9-28)56-35-22-29(10-14-34(35)49-59(53,54)40(43)44)38-33(23-45)39(51(48-38)26-55-20-21-60(5,6)7)47-36-15-13-32(24-46-36)57-31-16-18-50(19-17-31)25-37(52)58-41(2,3)4/h8-15,22,24,27,31,40,49H,16-21,25-26H2,1-7H3,(H,46,47). The molecule has 2 N–H and O–H groups in total. The molecule has 1 saturated heterocycles. The summed E-state index contributed by atoms with van der Waals surface area (Å²) < 4.78 is 92.2. The highest BCUT2D eigenvalue weighted by atomic mass is 32.2. The molecular formula is C41H52F3N7O7SSi. The van der Waals surface area contributed by atoms with E-state index < -0.39 is 41.4 Å². The number of likely N-dealkylation sites (tertiary alicyclic amines) is 1. The molecule has 324 valence electrons. The number of aromatic nitrogens is 3. The van der Waals surface area contributed by atoms with Gasteiger partial charge in [-0.1, -0.05) is 37.8 Å². The first-order valence-corrected chi connectivity index (χ1v) is 24.7. The zero-order chi connectivity index (χ0) is 43.8. The molecule has 14 nitrogen and oxygen atoms in total. The van der Waals surface area contributed by atoms with Crippen LogP contribution in [0.4, 0.5) is 30.5 Å². The van der Waals surface area contributed by atoms with Gasteiger partial charge in [0.15, 0.2) is 5.82 Å². The number of piperidine rings is 1. The number of rotatable bonds is 18. The number of nitrogens with zero attached hydrogens (tertiary/aromatic N) is 5. The second kappa shape index (κ2) is 19.5. The number of ether oxygens (including phenoxy) is 4. The van der Waals surface area contributed by atoms with Gasteiger partial charge in [-0.25, -0.2) is 22.5 Å². The van der Waals surface area contributed by atoms with E-state index in [-0.39, 0.29) is 53.9 Å². The van der Waals surface area contributed by atoms with E-state index in [0.717, 1.165) is 6.04 Å². The van der Waals surface area contributed by atoms with Gasteiger partial charge in [-0.15, -0.1) is 0 Å². The zero-order valence-electron chi connectivity index (χ0n) is 34.8. The Bertz CT molecular complexity index is 2230. The number of hydrogen-bond acceptors (Lipinski definition) is 12. The number of carbonyl (C=O) groups is 1. The van der Waals surface area contributed by atoms with Crippen LogP contribution in [0.1, 0.15) is 57.8 Å². The van der Waals surface area contributed by atoms with Crippen LogP contribution < -0.4 is 19.5 Å². The summed E-state index contributed by atoms with van der Waals surface area (Å²) in [5.41, 5.74) is 0.246. The highest BCUT2D eigenvalue weighted by Gasteiger charge is 2.28. The molecule has 1 atom stereocenters. The largest absolute Gasteiger partial charge is 0.489 e. The molecular weight excluding hydrogens is 820 g/mol. The Labute approximate surface area is 350 Å². The van der Waals surface area contributed by atoms with Crippen LogP contribution in [-0.2, 0) is 31.0 Å². The number of alkyl halides is 2. The minimum Gasteiger partial charge on any atom is -0.489 e. The lowest BCUT2D eigenvalue weighted by atomic mass is 10.1. The smallest absolute Gasteiger partial charge is 0.355 e. The van der Waals surface area contributed by atoms with E-state index in [4.69, 9.17) is 24.0 Å². The fraction of sp³-hybridized carbons (Fsp3) is 0.463. The Kier molecular flexibility index (Phi) is 14.9. The SMILES string of the molecule is CC(Oc1cc(-c2nn(COCC[Si](C)(C)C)c(Nc3ccc(OC4CCN(CC(=O)OC(C)(C)C)CC4)cn3)c2C#N)ccc1NS(=O)(=O)C(F)F)c1ccc(F)cc1. The maximum atomic E-state index is 13.7. The number of esters is 1. The van der Waals surface area contributed by atoms with E-state index in [1.54, 1.807) is 25.3 Å². The lowest BCUT2D eigenvalue weighted by molar-refractivity contribution is -0.156. The molecule has 60 heavy (non-hydrogen) atoms. The molecule has 5 rings (SSSR count). The molecule has 19 heteroatoms. The second-order valence-electron chi connectivity index (χ2n) is 16.6. The number of nitrogens with one attached hydrogen (secondary N) is 2. The quantitative estimate of drug-likeness (QED) is 0.0558. The molecule has 0 amide bonds. The summed E-state index contributed by atoms with van der Waals surface area (Å²) in [4.78, 5) is 18.9. The van der Waals surface area contributed by atoms with E-state index in [1.807, 2.05) is 30.4 Å². The molecule has 0 bridgehead atoms. The maximum absolute atomic E-state index is 13.7. The van der Waals surface area contributed by atoms with Gasteiger partial charge in [0.1, 0.15) is 65.0 Å². The fourth-order valence-corrected chi connectivity index (χ4v) is 7.46. The van der Waals surface area contributed by atoms with Crippen molar-refractivity contribution in [3.63, 3.8) is 0 Å². The number of carbonyl (C=O) groups excluding carboxylic acids is 1. The van der Waals surface area contributed by atoms with Crippen molar-refractivity contribution in [2.45, 2.75) is 96.5 Å². The maximum Gasteiger partial charge on any atom is 0.355 e. The Balaban J connectivity index is 1.39. The van der Waals surface area contributed by atoms with Crippen LogP contribution in [0.25, 0.3) is 11.3 Å². The molecule has 4 aromatic rings. The van der Waals surface area contributed by atoms with Gasteiger partial charge in [-0.05, 0) is 88.5 Å². The molecule has 0 radical (unpaired) electrons. The Morgan fingerprint density at radius 3 is 2.37 bits per heavy atom. The van der Waals surface area contributed by atoms with Crippen molar-refractivity contribution in [2.24, 2.45) is 0 Å². The first-order valence-electron chi connectivity index (χ1n) is 19.5. The topological polar surface area (TPSA) is 170 Å². The molecule has 1 fully saturated rings. The van der Waals surface area contributed by atoms with Gasteiger partial charge in [0.25, 0.3) is 10.0 Å². The molecule has 1 aliphatic rings. The van der Waals surface area contributed by atoms with E-state index in [1.165, 1.54) is 47.1 Å². The van der Waals surface area contributed by atoms with Crippen molar-refractivity contribution >= 4 is 41.4 Å². The minimum atomic E-state index is -5.10. The number of anilines is 3. The van der Waals surface area contributed by atoms with E-state index in [0.29, 0.717) is 55.2 Å². The van der Waals surface area contributed by atoms with Gasteiger partial charge < -0.3 is 24.3 Å². The number of sulfonamides is 1. The third kappa shape index (κ3) is 13.2. The molecule has 1 aliphatic heterocycles. The zero-order valence-corrected chi connectivity index (χ0v) is 36.6. The molecule has 2 aromatic heterocycles. The normalized spacial score (nSPS) is 14.7. The Morgan fingerprint density at radius 1 is 1.07 bits per heavy atom. The van der Waals surface area contributed by atoms with Crippen molar-refractivity contribution in [3.8, 4) is 28.8 Å². The van der Waals surface area contributed by atoms with Crippen LogP contribution in [0.3, 0.4) is 0 Å². The van der Waals surface area contributed by atoms with Gasteiger partial charge >= 0.3 is 11.7 Å². The molecule has 0 spiro atoms. The van der Waals surface area contributed by atoms with Gasteiger partial charge in [-0.2, -0.15) is 19.1 Å². The van der Waals surface area contributed by atoms with Crippen molar-refractivity contribution in [1.29, 1.82) is 5.26 Å². The molecule has 3 heterocycles. The number of halogens is 3. The first kappa shape index (κ1) is 45.9. The monoisotopic (exact) mass is 871 g/mol. The third-order valence-corrected chi connectivity index (χ3v) is 11.9. The Hall–Kier alpha value is -5.16. The molecule has 2 aromatic carbocycles. The van der Waals surface area contributed by atoms with E-state index in [9.17, 15) is 31.6 Å². The summed E-state index contributed by atoms with van der Waals surface area (Å²) in [5, 5.41) is 18.4. The molecule has 0 aliphatic carbocycles. The van der Waals surface area contributed by atoms with Crippen LogP contribution in [0.5, 0.6) is 11.5 Å². The average Bonchev–Trinajstić information content (AvgIpc) is 3.51. The van der Waals surface area contributed by atoms with Crippen molar-refractivity contribution in [2.75, 3.05) is 36.3 Å². The minimum absolute atomic E-state index is 0.0352. The van der Waals surface area contributed by atoms with Crippen LogP contribution in [0.15, 0.2) is 60.8 Å². The summed E-state index contributed by atoms with van der Waals surface area (Å²) in [6, 6.07) is 16.0. The highest BCUT2D eigenvalue weighted by molar-refractivity contribution is 7.93. The lowest BCUT2D eigenvalue weighted by Crippen LogP contribution is -2.42. The predicted molar refractivity (Wildman–Crippen MR) is 224 cm³/mol. The average molecular weight is 872 g/mol. The number of pyridine rings is 1. The van der Waals surface area contributed by atoms with Gasteiger partial charge in [0.05, 0.1) is 18.4 Å². The summed E-state index contributed by atoms with van der Waals surface area (Å²) in [5.74, 6) is -3.43. The molecule has 1 unspecified atom stereocenters. The van der Waals surface area contributed by atoms with Crippen molar-refractivity contribution in [1.82, 2.24) is 19.7 Å². The van der Waals surface area contributed by atoms with Crippen LogP contribution in [-0.4, -0.2) is 85.8 Å². The summed E-state index contributed by atoms with van der Waals surface area (Å²) in [6.07, 6.45) is 2.14. The van der Waals surface area contributed by atoms with Gasteiger partial charge in [-0.3, -0.25) is 14.4 Å². The van der Waals surface area contributed by atoms with Gasteiger partial charge in [0, 0.05) is 33.3 Å². The first-order chi connectivity index (χ1) is 28.2. The van der Waals surface area contributed by atoms with E-state index in [2.05, 4.69) is 36.0 Å². The lowest BCUT2D eigenvalue weighted by Gasteiger charge is -2.32. The fourth-order valence-electron chi connectivity index (χ4n) is 6.14. The van der Waals surface area contributed by atoms with Crippen molar-refractivity contribution < 1.29 is 45.3 Å². The summed E-state index contributed by atoms with van der Waals surface area (Å²) >= 11 is 0. The number of nitriles is 1. The highest BCUT2D eigenvalue weighted by Crippen LogP contribution is 2.38. The molecule has 0 saturated carbocycles. The Morgan fingerprint density at radius 2 is 1.77 bits per heavy atom. The van der Waals surface area contributed by atoms with Crippen molar-refractivity contribution in [3.05, 3.63) is 77.7 Å². The predicted octanol–water partition coefficient (Wildman–Crippen LogP) is 8.30. The van der Waals surface area contributed by atoms with E-state index >= 15 is 0 Å². The second-order valence-corrected chi connectivity index (χ2v) is 23.9. The number of hydrogen-bond donors (Lipinski definition) is 2. The number of benzene rings is 2. The van der Waals surface area contributed by atoms with Crippen LogP contribution >= 0.6 is 0 Å². The summed E-state index contributed by atoms with van der Waals surface area (Å²) in [7, 11) is -6.54. The third-order valence-electron chi connectivity index (χ3n) is 9.25. The van der Waals surface area contributed by atoms with Crippen LogP contribution in [0.2, 0.25) is 25.7 Å².